The standard InChI is InChI=1S/C9H10N2O2/c1-11-8-6(5-12)3-2-4-7(8)10-9(11)13/h2-4,12H,5H2,1H3,(H,10,13). The highest BCUT2D eigenvalue weighted by Crippen LogP contribution is 2.14. The summed E-state index contributed by atoms with van der Waals surface area (Å²) < 4.78 is 1.50. The molecule has 0 saturated heterocycles. The summed E-state index contributed by atoms with van der Waals surface area (Å²) in [6, 6.07) is 5.43. The molecule has 1 heterocycles. The third kappa shape index (κ3) is 1.07. The zero-order valence-corrected chi connectivity index (χ0v) is 7.24. The number of hydrogen-bond acceptors (Lipinski definition) is 2. The fourth-order valence-corrected chi connectivity index (χ4v) is 1.52. The summed E-state index contributed by atoms with van der Waals surface area (Å²) in [5.41, 5.74) is 2.14. The summed E-state index contributed by atoms with van der Waals surface area (Å²) in [7, 11) is 1.68. The van der Waals surface area contributed by atoms with E-state index in [1.54, 1.807) is 13.1 Å². The smallest absolute Gasteiger partial charge is 0.326 e. The Morgan fingerprint density at radius 1 is 1.54 bits per heavy atom. The van der Waals surface area contributed by atoms with E-state index in [4.69, 9.17) is 5.11 Å². The van der Waals surface area contributed by atoms with Gasteiger partial charge in [-0.1, -0.05) is 12.1 Å². The van der Waals surface area contributed by atoms with Crippen LogP contribution in [-0.2, 0) is 13.7 Å². The molecule has 0 unspecified atom stereocenters. The molecule has 0 atom stereocenters. The Hall–Kier alpha value is -1.55. The number of imidazole rings is 1. The first-order valence-electron chi connectivity index (χ1n) is 4.01. The van der Waals surface area contributed by atoms with Gasteiger partial charge >= 0.3 is 5.69 Å². The Morgan fingerprint density at radius 3 is 3.00 bits per heavy atom. The maximum Gasteiger partial charge on any atom is 0.326 e. The Bertz CT molecular complexity index is 496. The van der Waals surface area contributed by atoms with Crippen LogP contribution >= 0.6 is 0 Å². The van der Waals surface area contributed by atoms with Crippen molar-refractivity contribution in [3.8, 4) is 0 Å². The van der Waals surface area contributed by atoms with Gasteiger partial charge in [-0.15, -0.1) is 0 Å². The van der Waals surface area contributed by atoms with Crippen LogP contribution in [0.25, 0.3) is 11.0 Å². The van der Waals surface area contributed by atoms with Gasteiger partial charge in [0, 0.05) is 12.6 Å². The average Bonchev–Trinajstić information content (AvgIpc) is 2.43. The first kappa shape index (κ1) is 8.07. The minimum atomic E-state index is -0.157. The van der Waals surface area contributed by atoms with Crippen molar-refractivity contribution in [3.63, 3.8) is 0 Å². The lowest BCUT2D eigenvalue weighted by atomic mass is 10.2. The molecule has 1 aromatic carbocycles. The molecular formula is C9H10N2O2. The van der Waals surface area contributed by atoms with Crippen molar-refractivity contribution < 1.29 is 5.11 Å². The lowest BCUT2D eigenvalue weighted by Crippen LogP contribution is -2.12. The lowest BCUT2D eigenvalue weighted by Gasteiger charge is -1.99. The number of H-pyrrole nitrogens is 1. The molecule has 0 aliphatic heterocycles. The second-order valence-electron chi connectivity index (χ2n) is 2.96. The van der Waals surface area contributed by atoms with Gasteiger partial charge in [-0.25, -0.2) is 4.79 Å². The van der Waals surface area contributed by atoms with E-state index in [0.29, 0.717) is 0 Å². The van der Waals surface area contributed by atoms with Gasteiger partial charge in [-0.3, -0.25) is 4.57 Å². The van der Waals surface area contributed by atoms with Gasteiger partial charge < -0.3 is 10.1 Å². The molecule has 13 heavy (non-hydrogen) atoms. The Labute approximate surface area is 74.4 Å². The van der Waals surface area contributed by atoms with Gasteiger partial charge in [-0.2, -0.15) is 0 Å². The number of rotatable bonds is 1. The maximum absolute atomic E-state index is 11.2. The van der Waals surface area contributed by atoms with Crippen LogP contribution in [0.15, 0.2) is 23.0 Å². The SMILES string of the molecule is Cn1c(=O)[nH]c2cccc(CO)c21. The van der Waals surface area contributed by atoms with Gasteiger partial charge in [0.15, 0.2) is 0 Å². The second kappa shape index (κ2) is 2.74. The maximum atomic E-state index is 11.2. The number of hydrogen-bond donors (Lipinski definition) is 2. The van der Waals surface area contributed by atoms with E-state index in [-0.39, 0.29) is 12.3 Å². The van der Waals surface area contributed by atoms with Gasteiger partial charge in [0.05, 0.1) is 17.6 Å². The van der Waals surface area contributed by atoms with Gasteiger partial charge in [-0.05, 0) is 6.07 Å². The molecule has 0 spiro atoms. The molecule has 0 aliphatic carbocycles. The molecule has 0 saturated carbocycles. The van der Waals surface area contributed by atoms with Crippen LogP contribution in [-0.4, -0.2) is 14.7 Å². The molecule has 0 aliphatic rings. The fourth-order valence-electron chi connectivity index (χ4n) is 1.52. The molecular weight excluding hydrogens is 168 g/mol. The normalized spacial score (nSPS) is 10.9. The molecule has 0 fully saturated rings. The highest BCUT2D eigenvalue weighted by atomic mass is 16.3. The van der Waals surface area contributed by atoms with E-state index in [1.807, 2.05) is 12.1 Å². The van der Waals surface area contributed by atoms with Crippen molar-refractivity contribution in [1.29, 1.82) is 0 Å². The molecule has 2 N–H and O–H groups in total. The number of aromatic amines is 1. The topological polar surface area (TPSA) is 58.0 Å². The third-order valence-electron chi connectivity index (χ3n) is 2.17. The minimum Gasteiger partial charge on any atom is -0.392 e. The number of nitrogens with zero attached hydrogens (tertiary/aromatic N) is 1. The molecule has 2 rings (SSSR count). The van der Waals surface area contributed by atoms with Crippen LogP contribution in [0.5, 0.6) is 0 Å². The Morgan fingerprint density at radius 2 is 2.31 bits per heavy atom. The zero-order chi connectivity index (χ0) is 9.42. The molecule has 2 aromatic rings. The summed E-state index contributed by atoms with van der Waals surface area (Å²) in [4.78, 5) is 13.9. The molecule has 1 aromatic heterocycles. The monoisotopic (exact) mass is 178 g/mol. The van der Waals surface area contributed by atoms with Crippen molar-refractivity contribution in [3.05, 3.63) is 34.2 Å². The predicted octanol–water partition coefficient (Wildman–Crippen LogP) is 0.359. The summed E-state index contributed by atoms with van der Waals surface area (Å²) in [6.45, 7) is -0.0531. The van der Waals surface area contributed by atoms with E-state index in [0.717, 1.165) is 16.6 Å². The lowest BCUT2D eigenvalue weighted by molar-refractivity contribution is 0.283. The van der Waals surface area contributed by atoms with Crippen LogP contribution in [0.1, 0.15) is 5.56 Å². The highest BCUT2D eigenvalue weighted by molar-refractivity contribution is 5.78. The second-order valence-corrected chi connectivity index (χ2v) is 2.96. The predicted molar refractivity (Wildman–Crippen MR) is 49.5 cm³/mol. The summed E-state index contributed by atoms with van der Waals surface area (Å²) >= 11 is 0. The van der Waals surface area contributed by atoms with Crippen molar-refractivity contribution in [2.45, 2.75) is 6.61 Å². The minimum absolute atomic E-state index is 0.0531. The van der Waals surface area contributed by atoms with Gasteiger partial charge in [0.2, 0.25) is 0 Å². The van der Waals surface area contributed by atoms with Gasteiger partial charge in [0.25, 0.3) is 0 Å². The first-order valence-corrected chi connectivity index (χ1v) is 4.01. The first-order chi connectivity index (χ1) is 6.24. The molecule has 0 radical (unpaired) electrons. The summed E-state index contributed by atoms with van der Waals surface area (Å²) in [5, 5.41) is 9.04. The summed E-state index contributed by atoms with van der Waals surface area (Å²) in [6.07, 6.45) is 0. The summed E-state index contributed by atoms with van der Waals surface area (Å²) in [5.74, 6) is 0. The van der Waals surface area contributed by atoms with Crippen LogP contribution < -0.4 is 5.69 Å². The van der Waals surface area contributed by atoms with E-state index in [2.05, 4.69) is 4.98 Å². The Kier molecular flexibility index (Phi) is 1.70. The molecule has 4 heteroatoms. The van der Waals surface area contributed by atoms with E-state index >= 15 is 0 Å². The van der Waals surface area contributed by atoms with E-state index in [1.165, 1.54) is 4.57 Å². The quantitative estimate of drug-likeness (QED) is 0.662. The number of aliphatic hydroxyl groups is 1. The highest BCUT2D eigenvalue weighted by Gasteiger charge is 2.06. The Balaban J connectivity index is 2.95. The fraction of sp³-hybridized carbons (Fsp3) is 0.222. The van der Waals surface area contributed by atoms with Crippen LogP contribution in [0, 0.1) is 0 Å². The number of benzene rings is 1. The van der Waals surface area contributed by atoms with E-state index < -0.39 is 0 Å². The molecule has 0 bridgehead atoms. The number of aliphatic hydroxyl groups excluding tert-OH is 1. The number of nitrogens with one attached hydrogen (secondary N) is 1. The van der Waals surface area contributed by atoms with Crippen molar-refractivity contribution in [1.82, 2.24) is 9.55 Å². The third-order valence-corrected chi connectivity index (χ3v) is 2.17. The number of para-hydroxylation sites is 1. The number of fused-ring (bicyclic) bond motifs is 1. The van der Waals surface area contributed by atoms with Crippen molar-refractivity contribution in [2.24, 2.45) is 7.05 Å². The average molecular weight is 178 g/mol. The molecule has 68 valence electrons. The number of aromatic nitrogens is 2. The van der Waals surface area contributed by atoms with Crippen LogP contribution in [0.4, 0.5) is 0 Å². The molecule has 4 nitrogen and oxygen atoms in total. The van der Waals surface area contributed by atoms with Crippen molar-refractivity contribution in [2.75, 3.05) is 0 Å². The largest absolute Gasteiger partial charge is 0.392 e. The molecule has 0 amide bonds. The zero-order valence-electron chi connectivity index (χ0n) is 7.24. The van der Waals surface area contributed by atoms with Crippen molar-refractivity contribution >= 4 is 11.0 Å². The van der Waals surface area contributed by atoms with Crippen LogP contribution in [0.3, 0.4) is 0 Å². The van der Waals surface area contributed by atoms with Gasteiger partial charge in [0.1, 0.15) is 0 Å². The number of aryl methyl sites for hydroxylation is 1. The van der Waals surface area contributed by atoms with E-state index in [9.17, 15) is 4.79 Å². The van der Waals surface area contributed by atoms with Crippen LogP contribution in [0.2, 0.25) is 0 Å².